The summed E-state index contributed by atoms with van der Waals surface area (Å²) in [7, 11) is 0. The Morgan fingerprint density at radius 2 is 2.13 bits per heavy atom. The molecule has 0 bridgehead atoms. The number of hydrogen-bond acceptors (Lipinski definition) is 3. The molecule has 0 aromatic rings. The fraction of sp³-hybridized carbons (Fsp3) is 0.900. The Balaban J connectivity index is 0.00000196. The van der Waals surface area contributed by atoms with Gasteiger partial charge < -0.3 is 16.4 Å². The van der Waals surface area contributed by atoms with Gasteiger partial charge in [0, 0.05) is 25.7 Å². The van der Waals surface area contributed by atoms with Crippen LogP contribution in [0.3, 0.4) is 0 Å². The number of hydrogen-bond donors (Lipinski definition) is 2. The van der Waals surface area contributed by atoms with Crippen LogP contribution < -0.4 is 11.5 Å². The van der Waals surface area contributed by atoms with Gasteiger partial charge in [-0.2, -0.15) is 0 Å². The molecule has 4 nitrogen and oxygen atoms in total. The average Bonchev–Trinajstić information content (AvgIpc) is 2.16. The van der Waals surface area contributed by atoms with Crippen molar-refractivity contribution >= 4 is 18.3 Å². The van der Waals surface area contributed by atoms with Gasteiger partial charge >= 0.3 is 0 Å². The van der Waals surface area contributed by atoms with Gasteiger partial charge in [-0.15, -0.1) is 12.4 Å². The van der Waals surface area contributed by atoms with Crippen molar-refractivity contribution in [1.29, 1.82) is 0 Å². The standard InChI is InChI=1S/C10H21N3O.ClH/c1-10(2,7-11)9(14)13-5-3-4-8(12)6-13;/h8H,3-7,11-12H2,1-2H3;1H. The zero-order chi connectivity index (χ0) is 10.8. The van der Waals surface area contributed by atoms with E-state index in [2.05, 4.69) is 0 Å². The van der Waals surface area contributed by atoms with Gasteiger partial charge in [0.2, 0.25) is 5.91 Å². The predicted octanol–water partition coefficient (Wildman–Crippen LogP) is 0.343. The van der Waals surface area contributed by atoms with Gasteiger partial charge in [0.1, 0.15) is 0 Å². The van der Waals surface area contributed by atoms with Crippen molar-refractivity contribution in [3.8, 4) is 0 Å². The lowest BCUT2D eigenvalue weighted by atomic mass is 9.90. The molecule has 1 saturated heterocycles. The fourth-order valence-corrected chi connectivity index (χ4v) is 1.71. The highest BCUT2D eigenvalue weighted by Gasteiger charge is 2.32. The Bertz CT molecular complexity index is 221. The number of rotatable bonds is 2. The van der Waals surface area contributed by atoms with E-state index in [4.69, 9.17) is 11.5 Å². The van der Waals surface area contributed by atoms with Crippen LogP contribution >= 0.6 is 12.4 Å². The van der Waals surface area contributed by atoms with Crippen LogP contribution in [0.2, 0.25) is 0 Å². The van der Waals surface area contributed by atoms with Crippen molar-refractivity contribution in [2.75, 3.05) is 19.6 Å². The Hall–Kier alpha value is -0.320. The molecule has 0 aromatic carbocycles. The SMILES string of the molecule is CC(C)(CN)C(=O)N1CCCC(N)C1.Cl. The lowest BCUT2D eigenvalue weighted by molar-refractivity contribution is -0.141. The molecule has 0 saturated carbocycles. The Labute approximate surface area is 97.8 Å². The quantitative estimate of drug-likeness (QED) is 0.725. The Kier molecular flexibility index (Phi) is 5.56. The zero-order valence-electron chi connectivity index (χ0n) is 9.53. The molecule has 15 heavy (non-hydrogen) atoms. The number of halogens is 1. The normalized spacial score (nSPS) is 22.1. The molecule has 0 spiro atoms. The van der Waals surface area contributed by atoms with E-state index in [9.17, 15) is 4.79 Å². The van der Waals surface area contributed by atoms with Gasteiger partial charge in [-0.05, 0) is 26.7 Å². The van der Waals surface area contributed by atoms with Crippen molar-refractivity contribution in [1.82, 2.24) is 4.90 Å². The summed E-state index contributed by atoms with van der Waals surface area (Å²) < 4.78 is 0. The molecule has 1 unspecified atom stereocenters. The minimum Gasteiger partial charge on any atom is -0.341 e. The van der Waals surface area contributed by atoms with E-state index in [0.717, 1.165) is 19.4 Å². The average molecular weight is 236 g/mol. The third-order valence-electron chi connectivity index (χ3n) is 2.83. The van der Waals surface area contributed by atoms with E-state index in [1.165, 1.54) is 0 Å². The fourth-order valence-electron chi connectivity index (χ4n) is 1.71. The highest BCUT2D eigenvalue weighted by Crippen LogP contribution is 2.20. The largest absolute Gasteiger partial charge is 0.341 e. The van der Waals surface area contributed by atoms with Crippen LogP contribution in [-0.4, -0.2) is 36.5 Å². The molecule has 1 fully saturated rings. The number of likely N-dealkylation sites (tertiary alicyclic amines) is 1. The number of nitrogens with two attached hydrogens (primary N) is 2. The van der Waals surface area contributed by atoms with Crippen LogP contribution in [0.5, 0.6) is 0 Å². The lowest BCUT2D eigenvalue weighted by Gasteiger charge is -2.36. The second-order valence-electron chi connectivity index (χ2n) is 4.74. The minimum atomic E-state index is -0.447. The molecule has 1 aliphatic rings. The van der Waals surface area contributed by atoms with Gasteiger partial charge in [-0.3, -0.25) is 4.79 Å². The molecule has 0 radical (unpaired) electrons. The number of piperidine rings is 1. The monoisotopic (exact) mass is 235 g/mol. The van der Waals surface area contributed by atoms with E-state index in [-0.39, 0.29) is 24.4 Å². The van der Waals surface area contributed by atoms with Crippen LogP contribution in [0.4, 0.5) is 0 Å². The summed E-state index contributed by atoms with van der Waals surface area (Å²) in [5, 5.41) is 0. The van der Waals surface area contributed by atoms with Crippen molar-refractivity contribution in [3.63, 3.8) is 0 Å². The first kappa shape index (κ1) is 14.7. The third kappa shape index (κ3) is 3.63. The van der Waals surface area contributed by atoms with E-state index in [1.54, 1.807) is 0 Å². The maximum absolute atomic E-state index is 12.0. The number of carbonyl (C=O) groups is 1. The van der Waals surface area contributed by atoms with Crippen LogP contribution in [0.25, 0.3) is 0 Å². The van der Waals surface area contributed by atoms with Crippen LogP contribution in [0.15, 0.2) is 0 Å². The molecular formula is C10H22ClN3O. The summed E-state index contributed by atoms with van der Waals surface area (Å²) in [5.74, 6) is 0.134. The second kappa shape index (κ2) is 5.68. The number of nitrogens with zero attached hydrogens (tertiary/aromatic N) is 1. The van der Waals surface area contributed by atoms with E-state index >= 15 is 0 Å². The first-order valence-corrected chi connectivity index (χ1v) is 5.22. The van der Waals surface area contributed by atoms with E-state index in [0.29, 0.717) is 13.1 Å². The van der Waals surface area contributed by atoms with Gasteiger partial charge in [0.25, 0.3) is 0 Å². The van der Waals surface area contributed by atoms with Crippen LogP contribution in [0, 0.1) is 5.41 Å². The van der Waals surface area contributed by atoms with E-state index < -0.39 is 5.41 Å². The Morgan fingerprint density at radius 3 is 2.60 bits per heavy atom. The zero-order valence-corrected chi connectivity index (χ0v) is 10.3. The summed E-state index contributed by atoms with van der Waals surface area (Å²) >= 11 is 0. The van der Waals surface area contributed by atoms with Gasteiger partial charge in [0.05, 0.1) is 5.41 Å². The summed E-state index contributed by atoms with van der Waals surface area (Å²) in [6.45, 7) is 5.67. The summed E-state index contributed by atoms with van der Waals surface area (Å²) in [6.07, 6.45) is 2.03. The predicted molar refractivity (Wildman–Crippen MR) is 63.9 cm³/mol. The molecule has 1 atom stereocenters. The highest BCUT2D eigenvalue weighted by molar-refractivity contribution is 5.85. The molecule has 1 rings (SSSR count). The van der Waals surface area contributed by atoms with Crippen LogP contribution in [0.1, 0.15) is 26.7 Å². The van der Waals surface area contributed by atoms with Crippen LogP contribution in [-0.2, 0) is 4.79 Å². The molecule has 4 N–H and O–H groups in total. The second-order valence-corrected chi connectivity index (χ2v) is 4.74. The number of amides is 1. The van der Waals surface area contributed by atoms with Gasteiger partial charge in [0.15, 0.2) is 0 Å². The Morgan fingerprint density at radius 1 is 1.53 bits per heavy atom. The lowest BCUT2D eigenvalue weighted by Crippen LogP contribution is -2.51. The smallest absolute Gasteiger partial charge is 0.229 e. The third-order valence-corrected chi connectivity index (χ3v) is 2.83. The molecule has 1 amide bonds. The summed E-state index contributed by atoms with van der Waals surface area (Å²) in [5.41, 5.74) is 10.9. The first-order valence-electron chi connectivity index (χ1n) is 5.22. The molecule has 1 heterocycles. The topological polar surface area (TPSA) is 72.4 Å². The maximum Gasteiger partial charge on any atom is 0.229 e. The molecule has 90 valence electrons. The van der Waals surface area contributed by atoms with Crippen molar-refractivity contribution in [2.24, 2.45) is 16.9 Å². The molecule has 0 aromatic heterocycles. The first-order chi connectivity index (χ1) is 6.47. The molecular weight excluding hydrogens is 214 g/mol. The van der Waals surface area contributed by atoms with Gasteiger partial charge in [-0.25, -0.2) is 0 Å². The maximum atomic E-state index is 12.0. The molecule has 5 heteroatoms. The summed E-state index contributed by atoms with van der Waals surface area (Å²) in [6, 6.07) is 0.140. The molecule has 0 aliphatic carbocycles. The summed E-state index contributed by atoms with van der Waals surface area (Å²) in [4.78, 5) is 13.8. The van der Waals surface area contributed by atoms with Crippen molar-refractivity contribution in [2.45, 2.75) is 32.7 Å². The van der Waals surface area contributed by atoms with Crippen molar-refractivity contribution in [3.05, 3.63) is 0 Å². The highest BCUT2D eigenvalue weighted by atomic mass is 35.5. The molecule has 1 aliphatic heterocycles. The minimum absolute atomic E-state index is 0. The number of carbonyl (C=O) groups excluding carboxylic acids is 1. The van der Waals surface area contributed by atoms with Crippen molar-refractivity contribution < 1.29 is 4.79 Å². The van der Waals surface area contributed by atoms with Gasteiger partial charge in [-0.1, -0.05) is 0 Å². The van der Waals surface area contributed by atoms with E-state index in [1.807, 2.05) is 18.7 Å².